The van der Waals surface area contributed by atoms with Gasteiger partial charge in [0.2, 0.25) is 10.0 Å². The first-order chi connectivity index (χ1) is 14.8. The molecule has 8 nitrogen and oxygen atoms in total. The molecule has 0 unspecified atom stereocenters. The lowest BCUT2D eigenvalue weighted by molar-refractivity contribution is -0.122. The number of anilines is 2. The van der Waals surface area contributed by atoms with Gasteiger partial charge in [-0.05, 0) is 42.8 Å². The molecule has 3 rings (SSSR count). The molecule has 166 valence electrons. The van der Waals surface area contributed by atoms with E-state index < -0.39 is 28.0 Å². The van der Waals surface area contributed by atoms with Crippen LogP contribution in [0.1, 0.15) is 36.5 Å². The Morgan fingerprint density at radius 1 is 1.16 bits per heavy atom. The molecule has 0 fully saturated rings. The fourth-order valence-electron chi connectivity index (χ4n) is 3.16. The lowest BCUT2D eigenvalue weighted by Crippen LogP contribution is -2.35. The molecular formula is C22H26N2O6S. The minimum absolute atomic E-state index is 0.121. The van der Waals surface area contributed by atoms with Gasteiger partial charge in [0.1, 0.15) is 5.75 Å². The number of benzene rings is 2. The van der Waals surface area contributed by atoms with Crippen molar-refractivity contribution >= 4 is 33.3 Å². The summed E-state index contributed by atoms with van der Waals surface area (Å²) in [5, 5.41) is 2.76. The predicted octanol–water partition coefficient (Wildman–Crippen LogP) is 3.20. The van der Waals surface area contributed by atoms with E-state index in [1.165, 1.54) is 4.31 Å². The molecule has 2 aromatic carbocycles. The number of carbonyl (C=O) groups excluding carboxylic acids is 2. The first-order valence-electron chi connectivity index (χ1n) is 10.1. The Balaban J connectivity index is 1.68. The minimum atomic E-state index is -3.51. The summed E-state index contributed by atoms with van der Waals surface area (Å²) >= 11 is 0. The van der Waals surface area contributed by atoms with Gasteiger partial charge in [0.25, 0.3) is 5.91 Å². The smallest absolute Gasteiger partial charge is 0.338 e. The Hall–Kier alpha value is -3.07. The highest BCUT2D eigenvalue weighted by molar-refractivity contribution is 7.92. The van der Waals surface area contributed by atoms with Crippen LogP contribution in [0, 0.1) is 0 Å². The monoisotopic (exact) mass is 446 g/mol. The third-order valence-corrected chi connectivity index (χ3v) is 5.99. The van der Waals surface area contributed by atoms with Crippen molar-refractivity contribution in [2.45, 2.75) is 32.3 Å². The third kappa shape index (κ3) is 5.75. The highest BCUT2D eigenvalue weighted by atomic mass is 32.2. The maximum Gasteiger partial charge on any atom is 0.338 e. The number of amides is 1. The van der Waals surface area contributed by atoms with Gasteiger partial charge in [-0.2, -0.15) is 0 Å². The van der Waals surface area contributed by atoms with Crippen LogP contribution in [0.5, 0.6) is 5.75 Å². The van der Waals surface area contributed by atoms with Gasteiger partial charge in [0, 0.05) is 18.7 Å². The highest BCUT2D eigenvalue weighted by Crippen LogP contribution is 2.34. The minimum Gasteiger partial charge on any atom is -0.478 e. The maximum atomic E-state index is 12.8. The summed E-state index contributed by atoms with van der Waals surface area (Å²) in [4.78, 5) is 24.8. The number of nitrogens with one attached hydrogen (secondary N) is 1. The number of hydrogen-bond acceptors (Lipinski definition) is 6. The topological polar surface area (TPSA) is 102 Å². The Morgan fingerprint density at radius 2 is 1.87 bits per heavy atom. The van der Waals surface area contributed by atoms with E-state index in [0.29, 0.717) is 29.3 Å². The number of para-hydroxylation sites is 2. The van der Waals surface area contributed by atoms with Gasteiger partial charge in [-0.15, -0.1) is 0 Å². The van der Waals surface area contributed by atoms with E-state index >= 15 is 0 Å². The summed E-state index contributed by atoms with van der Waals surface area (Å²) in [7, 11) is -3.51. The van der Waals surface area contributed by atoms with E-state index in [1.807, 2.05) is 6.92 Å². The van der Waals surface area contributed by atoms with Crippen LogP contribution in [-0.4, -0.2) is 45.8 Å². The van der Waals surface area contributed by atoms with E-state index in [1.54, 1.807) is 48.5 Å². The van der Waals surface area contributed by atoms with Crippen LogP contribution in [0.15, 0.2) is 48.5 Å². The Kier molecular flexibility index (Phi) is 7.17. The lowest BCUT2D eigenvalue weighted by Gasteiger charge is -2.20. The average Bonchev–Trinajstić information content (AvgIpc) is 2.94. The molecule has 1 aliphatic heterocycles. The van der Waals surface area contributed by atoms with Crippen molar-refractivity contribution in [1.82, 2.24) is 0 Å². The quantitative estimate of drug-likeness (QED) is 0.518. The number of hydrogen-bond donors (Lipinski definition) is 1. The summed E-state index contributed by atoms with van der Waals surface area (Å²) in [6.07, 6.45) is 2.19. The lowest BCUT2D eigenvalue weighted by atomic mass is 10.2. The molecule has 1 aliphatic rings. The molecule has 0 saturated heterocycles. The van der Waals surface area contributed by atoms with Gasteiger partial charge in [0.05, 0.1) is 24.1 Å². The van der Waals surface area contributed by atoms with Gasteiger partial charge >= 0.3 is 5.97 Å². The molecule has 0 aliphatic carbocycles. The van der Waals surface area contributed by atoms with Crippen molar-refractivity contribution in [3.63, 3.8) is 0 Å². The predicted molar refractivity (Wildman–Crippen MR) is 118 cm³/mol. The van der Waals surface area contributed by atoms with Gasteiger partial charge in [0.15, 0.2) is 6.10 Å². The van der Waals surface area contributed by atoms with Crippen LogP contribution in [0.4, 0.5) is 11.4 Å². The molecule has 1 N–H and O–H groups in total. The molecule has 9 heteroatoms. The molecule has 0 spiro atoms. The van der Waals surface area contributed by atoms with E-state index in [-0.39, 0.29) is 13.0 Å². The number of unbranched alkanes of at least 4 members (excludes halogenated alkanes) is 1. The fourth-order valence-corrected chi connectivity index (χ4v) is 4.11. The molecule has 31 heavy (non-hydrogen) atoms. The zero-order chi connectivity index (χ0) is 22.4. The molecule has 1 amide bonds. The average molecular weight is 447 g/mol. The third-order valence-electron chi connectivity index (χ3n) is 4.81. The van der Waals surface area contributed by atoms with Gasteiger partial charge < -0.3 is 14.8 Å². The van der Waals surface area contributed by atoms with Gasteiger partial charge in [-0.25, -0.2) is 13.2 Å². The summed E-state index contributed by atoms with van der Waals surface area (Å²) < 4.78 is 36.6. The second-order valence-electron chi connectivity index (χ2n) is 7.25. The SMILES string of the molecule is CCCCOC(=O)c1ccc(NC(=O)[C@H]2CCN(S(C)(=O)=O)c3ccccc3O2)cc1. The van der Waals surface area contributed by atoms with Gasteiger partial charge in [-0.1, -0.05) is 25.5 Å². The largest absolute Gasteiger partial charge is 0.478 e. The van der Waals surface area contributed by atoms with Crippen molar-refractivity contribution in [1.29, 1.82) is 0 Å². The Bertz CT molecular complexity index is 1040. The van der Waals surface area contributed by atoms with Crippen molar-refractivity contribution in [2.24, 2.45) is 0 Å². The number of ether oxygens (including phenoxy) is 2. The van der Waals surface area contributed by atoms with Crippen molar-refractivity contribution < 1.29 is 27.5 Å². The zero-order valence-electron chi connectivity index (χ0n) is 17.5. The summed E-state index contributed by atoms with van der Waals surface area (Å²) in [6, 6.07) is 13.1. The molecule has 1 heterocycles. The number of esters is 1. The van der Waals surface area contributed by atoms with Crippen molar-refractivity contribution in [3.8, 4) is 5.75 Å². The first-order valence-corrected chi connectivity index (χ1v) is 12.0. The molecule has 1 atom stereocenters. The fraction of sp³-hybridized carbons (Fsp3) is 0.364. The maximum absolute atomic E-state index is 12.8. The normalized spacial score (nSPS) is 15.9. The molecule has 2 aromatic rings. The standard InChI is InChI=1S/C22H26N2O6S/c1-3-4-15-29-22(26)16-9-11-17(12-10-16)23-21(25)20-13-14-24(31(2,27)28)18-7-5-6-8-19(18)30-20/h5-12,20H,3-4,13-15H2,1-2H3,(H,23,25)/t20-/m1/s1. The van der Waals surface area contributed by atoms with E-state index in [2.05, 4.69) is 5.32 Å². The van der Waals surface area contributed by atoms with E-state index in [0.717, 1.165) is 19.1 Å². The zero-order valence-corrected chi connectivity index (χ0v) is 18.4. The first kappa shape index (κ1) is 22.6. The van der Waals surface area contributed by atoms with Crippen molar-refractivity contribution in [2.75, 3.05) is 29.0 Å². The number of sulfonamides is 1. The van der Waals surface area contributed by atoms with Crippen LogP contribution >= 0.6 is 0 Å². The van der Waals surface area contributed by atoms with Gasteiger partial charge in [-0.3, -0.25) is 9.10 Å². The summed E-state index contributed by atoms with van der Waals surface area (Å²) in [6.45, 7) is 2.51. The second kappa shape index (κ2) is 9.82. The molecule has 0 bridgehead atoms. The van der Waals surface area contributed by atoms with Crippen LogP contribution in [0.2, 0.25) is 0 Å². The Labute approximate surface area is 182 Å². The number of nitrogens with zero attached hydrogens (tertiary/aromatic N) is 1. The molecular weight excluding hydrogens is 420 g/mol. The number of rotatable bonds is 7. The summed E-state index contributed by atoms with van der Waals surface area (Å²) in [5.41, 5.74) is 1.31. The van der Waals surface area contributed by atoms with Crippen LogP contribution in [-0.2, 0) is 19.6 Å². The molecule has 0 saturated carbocycles. The van der Waals surface area contributed by atoms with Crippen molar-refractivity contribution in [3.05, 3.63) is 54.1 Å². The second-order valence-corrected chi connectivity index (χ2v) is 9.16. The Morgan fingerprint density at radius 3 is 2.55 bits per heavy atom. The molecule has 0 radical (unpaired) electrons. The van der Waals surface area contributed by atoms with Crippen LogP contribution in [0.25, 0.3) is 0 Å². The van der Waals surface area contributed by atoms with Crippen LogP contribution < -0.4 is 14.4 Å². The number of carbonyl (C=O) groups is 2. The highest BCUT2D eigenvalue weighted by Gasteiger charge is 2.31. The van der Waals surface area contributed by atoms with E-state index in [4.69, 9.17) is 9.47 Å². The molecule has 0 aromatic heterocycles. The van der Waals surface area contributed by atoms with Crippen LogP contribution in [0.3, 0.4) is 0 Å². The van der Waals surface area contributed by atoms with E-state index in [9.17, 15) is 18.0 Å². The number of fused-ring (bicyclic) bond motifs is 1. The summed E-state index contributed by atoms with van der Waals surface area (Å²) in [5.74, 6) is -0.477.